The van der Waals surface area contributed by atoms with Gasteiger partial charge < -0.3 is 4.42 Å². The topological polar surface area (TPSA) is 76.8 Å². The fourth-order valence-electron chi connectivity index (χ4n) is 3.61. The van der Waals surface area contributed by atoms with Gasteiger partial charge in [-0.05, 0) is 31.2 Å². The van der Waals surface area contributed by atoms with Gasteiger partial charge in [0.25, 0.3) is 5.56 Å². The third-order valence-corrected chi connectivity index (χ3v) is 6.10. The second-order valence-electron chi connectivity index (χ2n) is 7.00. The third-order valence-electron chi connectivity index (χ3n) is 5.22. The van der Waals surface area contributed by atoms with Crippen molar-refractivity contribution in [2.75, 3.05) is 0 Å². The van der Waals surface area contributed by atoms with Crippen molar-refractivity contribution in [2.24, 2.45) is 7.05 Å². The zero-order chi connectivity index (χ0) is 20.8. The van der Waals surface area contributed by atoms with E-state index in [-0.39, 0.29) is 11.1 Å². The summed E-state index contributed by atoms with van der Waals surface area (Å²) >= 11 is 1.40. The van der Waals surface area contributed by atoms with E-state index in [9.17, 15) is 4.79 Å². The summed E-state index contributed by atoms with van der Waals surface area (Å²) in [5, 5.41) is 11.7. The van der Waals surface area contributed by atoms with Crippen LogP contribution >= 0.6 is 11.3 Å². The van der Waals surface area contributed by atoms with Gasteiger partial charge in [-0.3, -0.25) is 14.9 Å². The lowest BCUT2D eigenvalue weighted by atomic mass is 10.2. The third kappa shape index (κ3) is 2.83. The molecule has 3 aromatic heterocycles. The summed E-state index contributed by atoms with van der Waals surface area (Å²) in [6.07, 6.45) is 0. The molecule has 30 heavy (non-hydrogen) atoms. The first-order valence-corrected chi connectivity index (χ1v) is 10.3. The highest BCUT2D eigenvalue weighted by atomic mass is 32.1. The first-order chi connectivity index (χ1) is 14.5. The Labute approximate surface area is 175 Å². The lowest BCUT2D eigenvalue weighted by Crippen LogP contribution is -2.20. The number of para-hydroxylation sites is 2. The van der Waals surface area contributed by atoms with Gasteiger partial charge in [0.15, 0.2) is 0 Å². The molecule has 0 aliphatic heterocycles. The van der Waals surface area contributed by atoms with Gasteiger partial charge in [-0.25, -0.2) is 9.67 Å². The normalized spacial score (nSPS) is 11.3. The van der Waals surface area contributed by atoms with E-state index in [0.29, 0.717) is 27.4 Å². The summed E-state index contributed by atoms with van der Waals surface area (Å²) in [4.78, 5) is 18.0. The Kier molecular flexibility index (Phi) is 4.25. The second kappa shape index (κ2) is 6.96. The zero-order valence-corrected chi connectivity index (χ0v) is 17.2. The number of benzene rings is 2. The molecular weight excluding hydrogens is 396 g/mol. The fourth-order valence-corrected chi connectivity index (χ4v) is 4.44. The lowest BCUT2D eigenvalue weighted by Gasteiger charge is -2.07. The fraction of sp³-hybridized carbons (Fsp3) is 0.0870. The van der Waals surface area contributed by atoms with Crippen molar-refractivity contribution in [1.82, 2.24) is 14.3 Å². The number of hydrogen-bond donors (Lipinski definition) is 1. The molecule has 6 nitrogen and oxygen atoms in total. The Balaban J connectivity index is 1.65. The minimum atomic E-state index is -0.118. The minimum absolute atomic E-state index is 0.0566. The van der Waals surface area contributed by atoms with Crippen molar-refractivity contribution >= 4 is 22.3 Å². The van der Waals surface area contributed by atoms with Crippen LogP contribution in [0.25, 0.3) is 38.5 Å². The monoisotopic (exact) mass is 414 g/mol. The summed E-state index contributed by atoms with van der Waals surface area (Å²) in [7, 11) is 1.87. The predicted octanol–water partition coefficient (Wildman–Crippen LogP) is 4.50. The Hall–Kier alpha value is -3.71. The van der Waals surface area contributed by atoms with Gasteiger partial charge in [-0.2, -0.15) is 0 Å². The molecule has 3 heterocycles. The second-order valence-corrected chi connectivity index (χ2v) is 7.86. The van der Waals surface area contributed by atoms with Gasteiger partial charge >= 0.3 is 0 Å². The predicted molar refractivity (Wildman–Crippen MR) is 118 cm³/mol. The largest absolute Gasteiger partial charge is 0.438 e. The minimum Gasteiger partial charge on any atom is -0.438 e. The number of nitrogens with zero attached hydrogens (tertiary/aromatic N) is 3. The smallest absolute Gasteiger partial charge is 0.281 e. The van der Waals surface area contributed by atoms with E-state index in [2.05, 4.69) is 0 Å². The molecule has 0 spiro atoms. The van der Waals surface area contributed by atoms with Gasteiger partial charge in [0.2, 0.25) is 5.55 Å². The Bertz CT molecular complexity index is 1510. The Morgan fingerprint density at radius 3 is 2.60 bits per heavy atom. The molecule has 0 aliphatic rings. The summed E-state index contributed by atoms with van der Waals surface area (Å²) < 4.78 is 9.14. The summed E-state index contributed by atoms with van der Waals surface area (Å²) in [5.41, 5.74) is 4.01. The van der Waals surface area contributed by atoms with Gasteiger partial charge in [-0.15, -0.1) is 11.3 Å². The van der Waals surface area contributed by atoms with Crippen LogP contribution in [-0.2, 0) is 7.05 Å². The Morgan fingerprint density at radius 1 is 1.07 bits per heavy atom. The van der Waals surface area contributed by atoms with E-state index in [4.69, 9.17) is 14.8 Å². The van der Waals surface area contributed by atoms with Crippen molar-refractivity contribution in [1.29, 1.82) is 5.41 Å². The van der Waals surface area contributed by atoms with Crippen LogP contribution < -0.4 is 11.1 Å². The molecule has 2 aromatic carbocycles. The van der Waals surface area contributed by atoms with Gasteiger partial charge in [-0.1, -0.05) is 36.4 Å². The molecule has 0 unspecified atom stereocenters. The maximum Gasteiger partial charge on any atom is 0.281 e. The van der Waals surface area contributed by atoms with Crippen molar-refractivity contribution < 1.29 is 4.42 Å². The van der Waals surface area contributed by atoms with Crippen LogP contribution in [0.5, 0.6) is 0 Å². The molecule has 0 saturated carbocycles. The lowest BCUT2D eigenvalue weighted by molar-refractivity contribution is 0.536. The van der Waals surface area contributed by atoms with Crippen molar-refractivity contribution in [2.45, 2.75) is 6.92 Å². The van der Waals surface area contributed by atoms with Crippen molar-refractivity contribution in [3.05, 3.63) is 87.6 Å². The highest BCUT2D eigenvalue weighted by Crippen LogP contribution is 2.29. The molecule has 0 fully saturated rings. The van der Waals surface area contributed by atoms with E-state index >= 15 is 0 Å². The first-order valence-electron chi connectivity index (χ1n) is 9.42. The van der Waals surface area contributed by atoms with E-state index in [0.717, 1.165) is 16.8 Å². The van der Waals surface area contributed by atoms with Gasteiger partial charge in [0, 0.05) is 23.5 Å². The number of fused-ring (bicyclic) bond motifs is 1. The van der Waals surface area contributed by atoms with E-state index in [1.165, 1.54) is 11.3 Å². The van der Waals surface area contributed by atoms with E-state index in [1.54, 1.807) is 4.68 Å². The molecule has 7 heteroatoms. The van der Waals surface area contributed by atoms with E-state index < -0.39 is 0 Å². The number of nitrogens with one attached hydrogen (secondary N) is 1. The maximum absolute atomic E-state index is 13.3. The van der Waals surface area contributed by atoms with Crippen LogP contribution in [0, 0.1) is 12.3 Å². The highest BCUT2D eigenvalue weighted by Gasteiger charge is 2.20. The van der Waals surface area contributed by atoms with Crippen LogP contribution in [0.15, 0.2) is 75.3 Å². The van der Waals surface area contributed by atoms with Crippen LogP contribution in [0.4, 0.5) is 0 Å². The first kappa shape index (κ1) is 18.3. The van der Waals surface area contributed by atoms with Crippen LogP contribution in [-0.4, -0.2) is 14.3 Å². The molecule has 0 atom stereocenters. The standard InChI is InChI=1S/C23H18N4O2S/c1-14-20(23(28)27(26(14)2)16-9-4-3-5-10-16)18-13-30-22(25-18)17-12-15-8-6-7-11-19(15)29-21(17)24/h3-13,24H,1-2H3. The molecule has 0 bridgehead atoms. The van der Waals surface area contributed by atoms with Crippen LogP contribution in [0.2, 0.25) is 0 Å². The van der Waals surface area contributed by atoms with Crippen LogP contribution in [0.3, 0.4) is 0 Å². The molecule has 1 N–H and O–H groups in total. The van der Waals surface area contributed by atoms with Gasteiger partial charge in [0.1, 0.15) is 10.6 Å². The Morgan fingerprint density at radius 2 is 1.80 bits per heavy atom. The van der Waals surface area contributed by atoms with Crippen molar-refractivity contribution in [3.63, 3.8) is 0 Å². The molecule has 0 aliphatic carbocycles. The van der Waals surface area contributed by atoms with Crippen LogP contribution in [0.1, 0.15) is 5.69 Å². The molecule has 148 valence electrons. The van der Waals surface area contributed by atoms with Crippen molar-refractivity contribution in [3.8, 4) is 27.5 Å². The quantitative estimate of drug-likeness (QED) is 0.472. The van der Waals surface area contributed by atoms with Gasteiger partial charge in [0.05, 0.1) is 22.5 Å². The average Bonchev–Trinajstić information content (AvgIpc) is 3.31. The SMILES string of the molecule is Cc1c(-c2csc(-c3cc4ccccc4oc3=N)n2)c(=O)n(-c2ccccc2)n1C. The zero-order valence-electron chi connectivity index (χ0n) is 16.4. The molecule has 0 radical (unpaired) electrons. The summed E-state index contributed by atoms with van der Waals surface area (Å²) in [5.74, 6) is 0. The van der Waals surface area contributed by atoms with E-state index in [1.807, 2.05) is 84.7 Å². The average molecular weight is 414 g/mol. The summed E-state index contributed by atoms with van der Waals surface area (Å²) in [6.45, 7) is 1.91. The number of hydrogen-bond acceptors (Lipinski definition) is 5. The summed E-state index contributed by atoms with van der Waals surface area (Å²) in [6, 6.07) is 19.0. The molecule has 0 saturated heterocycles. The molecule has 5 rings (SSSR count). The molecular formula is C23H18N4O2S. The number of thiazole rings is 1. The number of rotatable bonds is 3. The number of aromatic nitrogens is 3. The molecule has 0 amide bonds. The highest BCUT2D eigenvalue weighted by molar-refractivity contribution is 7.13. The maximum atomic E-state index is 13.3. The molecule has 5 aromatic rings.